The van der Waals surface area contributed by atoms with Gasteiger partial charge in [-0.05, 0) is 25.7 Å². The summed E-state index contributed by atoms with van der Waals surface area (Å²) in [7, 11) is -0.381. The summed E-state index contributed by atoms with van der Waals surface area (Å²) in [6.07, 6.45) is 2.45. The van der Waals surface area contributed by atoms with E-state index in [0.717, 1.165) is 6.42 Å². The molecule has 0 rings (SSSR count). The van der Waals surface area contributed by atoms with Gasteiger partial charge in [-0.25, -0.2) is 0 Å². The normalized spacial score (nSPS) is 13.8. The van der Waals surface area contributed by atoms with Crippen molar-refractivity contribution in [2.45, 2.75) is 64.5 Å². The number of halogens is 1. The smallest absolute Gasteiger partial charge is 0.0395 e. The van der Waals surface area contributed by atoms with Gasteiger partial charge in [0.2, 0.25) is 0 Å². The quantitative estimate of drug-likeness (QED) is 0.479. The van der Waals surface area contributed by atoms with Crippen LogP contribution in [0.1, 0.15) is 40.5 Å². The van der Waals surface area contributed by atoms with Gasteiger partial charge in [0, 0.05) is 13.7 Å². The number of alkyl halides is 1. The first-order valence-electron chi connectivity index (χ1n) is 5.31. The van der Waals surface area contributed by atoms with Crippen molar-refractivity contribution in [1.82, 2.24) is 0 Å². The molecule has 0 atom stereocenters. The molecule has 80 valence electrons. The van der Waals surface area contributed by atoms with Crippen molar-refractivity contribution in [3.05, 3.63) is 0 Å². The summed E-state index contributed by atoms with van der Waals surface area (Å²) < 4.78 is 0. The van der Waals surface area contributed by atoms with Gasteiger partial charge in [0.05, 0.1) is 0 Å². The number of hydrogen-bond acceptors (Lipinski definition) is 0. The van der Waals surface area contributed by atoms with E-state index in [1.54, 1.807) is 0 Å². The molecule has 0 N–H and O–H groups in total. The summed E-state index contributed by atoms with van der Waals surface area (Å²) in [4.78, 5) is -0.0396. The molecule has 0 aromatic rings. The molecule has 0 aliphatic carbocycles. The zero-order chi connectivity index (χ0) is 10.7. The van der Waals surface area contributed by atoms with Crippen LogP contribution in [0.25, 0.3) is 0 Å². The minimum Gasteiger partial charge on any atom is -0.120 e. The molecule has 0 spiro atoms. The van der Waals surface area contributed by atoms with Gasteiger partial charge < -0.3 is 0 Å². The number of rotatable bonds is 5. The molecule has 0 fully saturated rings. The van der Waals surface area contributed by atoms with Crippen molar-refractivity contribution < 1.29 is 0 Å². The van der Waals surface area contributed by atoms with Gasteiger partial charge in [-0.2, -0.15) is 0 Å². The van der Waals surface area contributed by atoms with Crippen molar-refractivity contribution in [3.63, 3.8) is 0 Å². The van der Waals surface area contributed by atoms with Crippen molar-refractivity contribution >= 4 is 20.4 Å². The molecule has 0 unspecified atom stereocenters. The Balaban J connectivity index is 3.94. The molecule has 0 aromatic carbocycles. The van der Waals surface area contributed by atoms with Gasteiger partial charge in [0.1, 0.15) is 0 Å². The van der Waals surface area contributed by atoms with Crippen LogP contribution in [0.3, 0.4) is 0 Å². The predicted octanol–water partition coefficient (Wildman–Crippen LogP) is 4.30. The third-order valence-electron chi connectivity index (χ3n) is 2.30. The van der Waals surface area contributed by atoms with E-state index in [2.05, 4.69) is 40.8 Å². The van der Waals surface area contributed by atoms with E-state index in [1.165, 1.54) is 12.5 Å². The second kappa shape index (κ2) is 4.84. The molecule has 0 aromatic heterocycles. The van der Waals surface area contributed by atoms with E-state index in [9.17, 15) is 0 Å². The van der Waals surface area contributed by atoms with Crippen LogP contribution in [0.15, 0.2) is 0 Å². The zero-order valence-corrected chi connectivity index (χ0v) is 12.0. The van der Waals surface area contributed by atoms with Gasteiger partial charge in [0.25, 0.3) is 0 Å². The predicted molar refractivity (Wildman–Crippen MR) is 66.6 cm³/mol. The third kappa shape index (κ3) is 8.83. The lowest BCUT2D eigenvalue weighted by molar-refractivity contribution is 0.289. The molecular weight excluding hydrogens is 196 g/mol. The summed E-state index contributed by atoms with van der Waals surface area (Å²) in [6, 6.07) is 1.44. The highest BCUT2D eigenvalue weighted by atomic mass is 35.5. The second-order valence-electron chi connectivity index (χ2n) is 5.99. The largest absolute Gasteiger partial charge is 0.120 e. The van der Waals surface area contributed by atoms with Crippen molar-refractivity contribution in [2.24, 2.45) is 5.41 Å². The molecule has 13 heavy (non-hydrogen) atoms. The van der Waals surface area contributed by atoms with E-state index >= 15 is 0 Å². The first-order chi connectivity index (χ1) is 5.62. The lowest BCUT2D eigenvalue weighted by Gasteiger charge is -2.31. The Kier molecular flexibility index (Phi) is 5.02. The summed E-state index contributed by atoms with van der Waals surface area (Å²) in [5, 5.41) is 0. The third-order valence-corrected chi connectivity index (χ3v) is 3.87. The van der Waals surface area contributed by atoms with Gasteiger partial charge in [-0.3, -0.25) is 0 Å². The molecule has 0 saturated heterocycles. The van der Waals surface area contributed by atoms with Crippen LogP contribution in [0.5, 0.6) is 0 Å². The SMILES string of the molecule is C[SiH](C)CCC(C)(C)CC(C)(C)Cl. The van der Waals surface area contributed by atoms with Crippen LogP contribution in [0.4, 0.5) is 0 Å². The van der Waals surface area contributed by atoms with Gasteiger partial charge in [0.15, 0.2) is 0 Å². The molecule has 0 bridgehead atoms. The minimum absolute atomic E-state index is 0.0396. The Hall–Kier alpha value is 0.507. The van der Waals surface area contributed by atoms with Crippen LogP contribution in [-0.4, -0.2) is 13.7 Å². The molecule has 0 radical (unpaired) electrons. The van der Waals surface area contributed by atoms with Crippen molar-refractivity contribution in [3.8, 4) is 0 Å². The Morgan fingerprint density at radius 2 is 1.54 bits per heavy atom. The fraction of sp³-hybridized carbons (Fsp3) is 1.00. The average Bonchev–Trinajstić information content (AvgIpc) is 1.78. The maximum absolute atomic E-state index is 6.24. The summed E-state index contributed by atoms with van der Waals surface area (Å²) >= 11 is 6.24. The molecule has 0 amide bonds. The summed E-state index contributed by atoms with van der Waals surface area (Å²) in [6.45, 7) is 13.7. The van der Waals surface area contributed by atoms with E-state index in [1.807, 2.05) is 0 Å². The fourth-order valence-corrected chi connectivity index (χ4v) is 3.63. The Morgan fingerprint density at radius 3 is 1.85 bits per heavy atom. The molecule has 0 saturated carbocycles. The molecule has 2 heteroatoms. The average molecular weight is 221 g/mol. The molecule has 0 heterocycles. The molecular formula is C11H25ClSi. The van der Waals surface area contributed by atoms with Crippen LogP contribution in [-0.2, 0) is 0 Å². The Labute approximate surface area is 90.7 Å². The van der Waals surface area contributed by atoms with Gasteiger partial charge in [-0.1, -0.05) is 39.4 Å². The maximum Gasteiger partial charge on any atom is 0.0395 e. The fourth-order valence-electron chi connectivity index (χ4n) is 1.91. The van der Waals surface area contributed by atoms with E-state index in [0.29, 0.717) is 5.41 Å². The van der Waals surface area contributed by atoms with Crippen molar-refractivity contribution in [2.75, 3.05) is 0 Å². The second-order valence-corrected chi connectivity index (χ2v) is 10.4. The maximum atomic E-state index is 6.24. The highest BCUT2D eigenvalue weighted by Crippen LogP contribution is 2.35. The summed E-state index contributed by atoms with van der Waals surface area (Å²) in [5.74, 6) is 0. The lowest BCUT2D eigenvalue weighted by atomic mass is 9.81. The molecule has 0 aliphatic rings. The van der Waals surface area contributed by atoms with Crippen LogP contribution < -0.4 is 0 Å². The monoisotopic (exact) mass is 220 g/mol. The van der Waals surface area contributed by atoms with Gasteiger partial charge in [-0.15, -0.1) is 11.6 Å². The zero-order valence-electron chi connectivity index (χ0n) is 10.1. The van der Waals surface area contributed by atoms with Crippen LogP contribution in [0, 0.1) is 5.41 Å². The highest BCUT2D eigenvalue weighted by molar-refractivity contribution is 6.55. The Morgan fingerprint density at radius 1 is 1.08 bits per heavy atom. The van der Waals surface area contributed by atoms with Crippen LogP contribution in [0.2, 0.25) is 19.1 Å². The first kappa shape index (κ1) is 13.5. The van der Waals surface area contributed by atoms with Gasteiger partial charge >= 0.3 is 0 Å². The number of hydrogen-bond donors (Lipinski definition) is 0. The van der Waals surface area contributed by atoms with Crippen molar-refractivity contribution in [1.29, 1.82) is 0 Å². The first-order valence-corrected chi connectivity index (χ1v) is 8.82. The van der Waals surface area contributed by atoms with Crippen LogP contribution >= 0.6 is 11.6 Å². The summed E-state index contributed by atoms with van der Waals surface area (Å²) in [5.41, 5.74) is 0.419. The van der Waals surface area contributed by atoms with E-state index in [4.69, 9.17) is 11.6 Å². The molecule has 0 aliphatic heterocycles. The standard InChI is InChI=1S/C11H25ClSi/c1-10(2,7-8-13(5)6)9-11(3,4)12/h13H,7-9H2,1-6H3. The minimum atomic E-state index is -0.381. The Bertz CT molecular complexity index is 145. The topological polar surface area (TPSA) is 0 Å². The van der Waals surface area contributed by atoms with E-state index < -0.39 is 0 Å². The van der Waals surface area contributed by atoms with E-state index in [-0.39, 0.29) is 13.7 Å². The highest BCUT2D eigenvalue weighted by Gasteiger charge is 2.26. The lowest BCUT2D eigenvalue weighted by Crippen LogP contribution is -2.24. The molecule has 0 nitrogen and oxygen atoms in total.